The van der Waals surface area contributed by atoms with Gasteiger partial charge in [-0.15, -0.1) is 0 Å². The molecule has 3 aromatic rings. The first kappa shape index (κ1) is 80.0. The summed E-state index contributed by atoms with van der Waals surface area (Å²) in [4.78, 5) is 26.4. The van der Waals surface area contributed by atoms with Crippen molar-refractivity contribution in [3.8, 4) is 0 Å². The van der Waals surface area contributed by atoms with Crippen molar-refractivity contribution in [1.29, 1.82) is 0 Å². The van der Waals surface area contributed by atoms with Crippen LogP contribution in [0.4, 0.5) is 0 Å². The zero-order valence-corrected chi connectivity index (χ0v) is 56.0. The van der Waals surface area contributed by atoms with Gasteiger partial charge in [-0.05, 0) is 24.3 Å². The summed E-state index contributed by atoms with van der Waals surface area (Å²) in [6.07, 6.45) is -78.8. The van der Waals surface area contributed by atoms with Gasteiger partial charge in [-0.1, -0.05) is 48.5 Å². The average molecular weight is 1550 g/mol. The average Bonchev–Trinajstić information content (AvgIpc) is 0.768. The van der Waals surface area contributed by atoms with Crippen LogP contribution in [0.1, 0.15) is 31.8 Å². The zero-order chi connectivity index (χ0) is 75.6. The Morgan fingerprint density at radius 2 is 0.457 bits per heavy atom. The Kier molecular flexibility index (Phi) is 25.0. The molecule has 43 heteroatoms. The van der Waals surface area contributed by atoms with Gasteiger partial charge in [-0.25, -0.2) is 0 Å². The molecule has 3 aromatic carbocycles. The number of aliphatic hydroxyl groups excluding tert-OH is 19. The standard InChI is InChI=1S/C62H80O41S2/c63-13-26-47-35(72)40(77)56(88-26)95-48-27(14-64)89-58(41(78)36(48)73)97-50-29(16-66)91-60(43(80)38(50)75)99-52-31(18-68)93-62-54(45(52)82)102-104(84,85)24-5-1-3-22(11-24)33(70)20-7-9-21(10-8-20)34(71)23-4-2-6-25(12-23)105(86,87)103-55-46(83)53(101-62)32(19-69)94-61(55)100-51-30(17-67)92-59(44(81)39(51)76)98-49-28(15-65)90-57(96-47)42(79)37(49)74/h1-12,26-32,35-69,72-83H,13-19H2/t26-,27-,28-,29-,30-,31-,32-,35-,36-,37-,38-,39-,40-,41-,42-,43-,44-,45-,46-,47-,48-,49-,50-,51-,52-,53-,54-,55-,56-,57-,58-,59-,60-,61-,62-/m1/s1. The Bertz CT molecular complexity index is 3620. The molecule has 0 spiro atoms. The number of hydrogen-bond donors (Lipinski definition) is 19. The number of hydrogen-bond acceptors (Lipinski definition) is 41. The lowest BCUT2D eigenvalue weighted by molar-refractivity contribution is -0.396. The minimum Gasteiger partial charge on any atom is -0.394 e. The molecule has 0 amide bonds. The van der Waals surface area contributed by atoms with Gasteiger partial charge in [0.25, 0.3) is 20.2 Å². The van der Waals surface area contributed by atoms with Crippen LogP contribution in [0.15, 0.2) is 82.6 Å². The monoisotopic (exact) mass is 1540 g/mol. The Balaban J connectivity index is 0.945. The minimum absolute atomic E-state index is 0.116. The normalized spacial score (nSPS) is 45.6. The first-order valence-corrected chi connectivity index (χ1v) is 35.7. The lowest BCUT2D eigenvalue weighted by Crippen LogP contribution is -2.69. The van der Waals surface area contributed by atoms with Crippen LogP contribution in [0.2, 0.25) is 0 Å². The Labute approximate surface area is 593 Å². The first-order chi connectivity index (χ1) is 50.0. The third kappa shape index (κ3) is 15.7. The molecule has 20 rings (SSSR count). The molecule has 35 atom stereocenters. The predicted octanol–water partition coefficient (Wildman–Crippen LogP) is -11.6. The highest BCUT2D eigenvalue weighted by Crippen LogP contribution is 2.41. The molecule has 0 saturated carbocycles. The lowest BCUT2D eigenvalue weighted by atomic mass is 9.95. The van der Waals surface area contributed by atoms with Crippen LogP contribution in [0.25, 0.3) is 0 Å². The van der Waals surface area contributed by atoms with Gasteiger partial charge >= 0.3 is 0 Å². The molecule has 17 aliphatic heterocycles. The van der Waals surface area contributed by atoms with Crippen LogP contribution in [0, 0.1) is 0 Å². The highest BCUT2D eigenvalue weighted by Gasteiger charge is 2.61. The molecule has 17 heterocycles. The fourth-order valence-electron chi connectivity index (χ4n) is 13.7. The van der Waals surface area contributed by atoms with Crippen LogP contribution in [0.5, 0.6) is 0 Å². The number of benzene rings is 3. The van der Waals surface area contributed by atoms with Gasteiger partial charge < -0.3 is 163 Å². The lowest BCUT2D eigenvalue weighted by Gasteiger charge is -2.50. The van der Waals surface area contributed by atoms with Crippen molar-refractivity contribution in [1.82, 2.24) is 0 Å². The van der Waals surface area contributed by atoms with E-state index in [0.717, 1.165) is 36.4 Å². The first-order valence-electron chi connectivity index (χ1n) is 32.9. The van der Waals surface area contributed by atoms with Gasteiger partial charge in [-0.2, -0.15) is 16.8 Å². The molecule has 0 aliphatic carbocycles. The summed E-state index contributed by atoms with van der Waals surface area (Å²) in [6, 6.07) is 12.9. The Morgan fingerprint density at radius 3 is 0.686 bits per heavy atom. The molecule has 19 N–H and O–H groups in total. The quantitative estimate of drug-likeness (QED) is 0.0977. The van der Waals surface area contributed by atoms with Gasteiger partial charge in [0.05, 0.1) is 56.0 Å². The van der Waals surface area contributed by atoms with Crippen molar-refractivity contribution in [2.24, 2.45) is 0 Å². The van der Waals surface area contributed by atoms with E-state index >= 15 is 0 Å². The number of fused-ring (bicyclic) bond motifs is 11. The van der Waals surface area contributed by atoms with E-state index in [4.69, 9.17) is 74.7 Å². The van der Waals surface area contributed by atoms with E-state index in [2.05, 4.69) is 0 Å². The maximum absolute atomic E-state index is 14.8. The van der Waals surface area contributed by atoms with Crippen LogP contribution < -0.4 is 0 Å². The Hall–Kier alpha value is -4.50. The van der Waals surface area contributed by atoms with Crippen molar-refractivity contribution < 1.29 is 198 Å². The molecule has 22 bridgehead atoms. The third-order valence-electron chi connectivity index (χ3n) is 19.4. The summed E-state index contributed by atoms with van der Waals surface area (Å²) in [6.45, 7) is -8.51. The minimum atomic E-state index is -5.46. The summed E-state index contributed by atoms with van der Waals surface area (Å²) in [7, 11) is -10.9. The van der Waals surface area contributed by atoms with Crippen molar-refractivity contribution >= 4 is 31.8 Å². The molecule has 0 unspecified atom stereocenters. The van der Waals surface area contributed by atoms with E-state index < -0.39 is 303 Å². The number of ether oxygens (including phenoxy) is 14. The molecule has 105 heavy (non-hydrogen) atoms. The van der Waals surface area contributed by atoms with Gasteiger partial charge in [0.1, 0.15) is 159 Å². The molecule has 15 fully saturated rings. The fourth-order valence-corrected chi connectivity index (χ4v) is 15.9. The number of ketones is 2. The molecule has 0 aromatic heterocycles. The summed E-state index contributed by atoms with van der Waals surface area (Å²) in [5.74, 6) is -1.66. The SMILES string of the molecule is O=C1c2ccc(cc2)C(=O)c2cccc(c2)S(=O)(=O)O[C@H]2[C@H]3O[C@H]4[C@H](O)[C@@H](O)[C@@H](O[C@H]5[C@H](O)[C@@H](O)[C@@H](O[C@H]6[C@H](O)[C@@H](O)[C@@H](O[C@H]7[C@H](O)[C@@H](O)[C@@H](O[C@H]8[C@H](O)[C@@H](O)[C@@H](O[C@H]9[C@@H](O)[C@@H](OS(=O)(=O)c%10cccc1c%10)[C@@H](O[C@@H]([C@H]2O)[C@@H](CO)O3)O[C@@H]9CO)O[C@@H]8CO)O[C@@H]7CO)O[C@@H]6CO)O[C@@H]5CO)O[C@@H]4CO. The van der Waals surface area contributed by atoms with E-state index in [1.165, 1.54) is 36.4 Å². The van der Waals surface area contributed by atoms with Crippen molar-refractivity contribution in [3.63, 3.8) is 0 Å². The van der Waals surface area contributed by atoms with E-state index in [-0.39, 0.29) is 22.3 Å². The van der Waals surface area contributed by atoms with Gasteiger partial charge in [0.15, 0.2) is 67.8 Å². The van der Waals surface area contributed by atoms with Crippen molar-refractivity contribution in [2.75, 3.05) is 46.2 Å². The van der Waals surface area contributed by atoms with Crippen molar-refractivity contribution in [3.05, 3.63) is 95.1 Å². The van der Waals surface area contributed by atoms with Gasteiger partial charge in [0, 0.05) is 22.3 Å². The fraction of sp³-hybridized carbons (Fsp3) is 0.677. The third-order valence-corrected chi connectivity index (χ3v) is 22.0. The van der Waals surface area contributed by atoms with E-state index in [9.17, 15) is 123 Å². The highest BCUT2D eigenvalue weighted by molar-refractivity contribution is 7.87. The molecular formula is C62H80O41S2. The molecule has 0 radical (unpaired) electrons. The maximum atomic E-state index is 14.8. The smallest absolute Gasteiger partial charge is 0.297 e. The molecule has 15 saturated heterocycles. The Morgan fingerprint density at radius 1 is 0.248 bits per heavy atom. The highest BCUT2D eigenvalue weighted by atomic mass is 32.2. The van der Waals surface area contributed by atoms with Crippen LogP contribution in [-0.4, -0.2) is 387 Å². The summed E-state index contributed by atoms with van der Waals surface area (Å²) in [5.41, 5.74) is -0.868. The topological polar surface area (TPSA) is 634 Å². The van der Waals surface area contributed by atoms with Gasteiger partial charge in [-0.3, -0.25) is 18.0 Å². The van der Waals surface area contributed by atoms with E-state index in [0.29, 0.717) is 0 Å². The molecule has 17 aliphatic rings. The molecule has 41 nitrogen and oxygen atoms in total. The summed E-state index contributed by atoms with van der Waals surface area (Å²) >= 11 is 0. The maximum Gasteiger partial charge on any atom is 0.297 e. The summed E-state index contributed by atoms with van der Waals surface area (Å²) < 4.78 is 153. The predicted molar refractivity (Wildman–Crippen MR) is 327 cm³/mol. The molecule has 586 valence electrons. The van der Waals surface area contributed by atoms with Crippen LogP contribution in [-0.2, 0) is 94.9 Å². The number of carbonyl (C=O) groups excluding carboxylic acids is 2. The number of aliphatic hydroxyl groups is 19. The van der Waals surface area contributed by atoms with Crippen LogP contribution in [0.3, 0.4) is 0 Å². The van der Waals surface area contributed by atoms with Gasteiger partial charge in [0.2, 0.25) is 0 Å². The second-order valence-corrected chi connectivity index (χ2v) is 29.1. The second kappa shape index (κ2) is 32.8. The number of rotatable bonds is 7. The largest absolute Gasteiger partial charge is 0.394 e. The van der Waals surface area contributed by atoms with E-state index in [1.807, 2.05) is 0 Å². The van der Waals surface area contributed by atoms with Crippen LogP contribution >= 0.6 is 0 Å². The van der Waals surface area contributed by atoms with Crippen molar-refractivity contribution in [2.45, 2.75) is 225 Å². The number of carbonyl (C=O) groups is 2. The summed E-state index contributed by atoms with van der Waals surface area (Å²) in [5, 5.41) is 217. The zero-order valence-electron chi connectivity index (χ0n) is 54.4. The second-order valence-electron chi connectivity index (χ2n) is 26.0. The van der Waals surface area contributed by atoms with E-state index in [1.54, 1.807) is 0 Å². The molecular weight excluding hydrogens is 1460 g/mol.